The first kappa shape index (κ1) is 16.7. The minimum Gasteiger partial charge on any atom is -0.342 e. The number of aromatic nitrogens is 3. The number of nitrogens with one attached hydrogen (secondary N) is 1. The second-order valence-corrected chi connectivity index (χ2v) is 6.85. The largest absolute Gasteiger partial charge is 0.342 e. The van der Waals surface area contributed by atoms with Crippen LogP contribution < -0.4 is 0 Å². The molecule has 2 aromatic heterocycles. The highest BCUT2D eigenvalue weighted by molar-refractivity contribution is 5.77. The number of benzene rings is 1. The zero-order chi connectivity index (χ0) is 17.9. The lowest BCUT2D eigenvalue weighted by Crippen LogP contribution is -2.39. The number of rotatable bonds is 4. The van der Waals surface area contributed by atoms with Crippen LogP contribution in [0.25, 0.3) is 11.0 Å². The summed E-state index contributed by atoms with van der Waals surface area (Å²) in [4.78, 5) is 19.2. The van der Waals surface area contributed by atoms with Gasteiger partial charge in [-0.25, -0.2) is 9.37 Å². The van der Waals surface area contributed by atoms with Crippen LogP contribution in [-0.4, -0.2) is 39.1 Å². The van der Waals surface area contributed by atoms with Gasteiger partial charge >= 0.3 is 0 Å². The van der Waals surface area contributed by atoms with Gasteiger partial charge in [-0.2, -0.15) is 5.10 Å². The van der Waals surface area contributed by atoms with E-state index in [4.69, 9.17) is 0 Å². The third kappa shape index (κ3) is 3.59. The van der Waals surface area contributed by atoms with E-state index in [2.05, 4.69) is 15.2 Å². The number of hydrogen-bond donors (Lipinski definition) is 1. The van der Waals surface area contributed by atoms with Crippen LogP contribution in [0, 0.1) is 5.82 Å². The molecule has 0 unspecified atom stereocenters. The van der Waals surface area contributed by atoms with Crippen molar-refractivity contribution < 1.29 is 9.18 Å². The summed E-state index contributed by atoms with van der Waals surface area (Å²) in [7, 11) is 0. The van der Waals surface area contributed by atoms with Gasteiger partial charge in [-0.05, 0) is 49.1 Å². The number of amides is 1. The molecule has 3 aromatic rings. The predicted octanol–water partition coefficient (Wildman–Crippen LogP) is 3.44. The summed E-state index contributed by atoms with van der Waals surface area (Å²) in [5, 5.41) is 7.92. The topological polar surface area (TPSA) is 61.9 Å². The molecule has 1 atom stereocenters. The van der Waals surface area contributed by atoms with E-state index < -0.39 is 0 Å². The van der Waals surface area contributed by atoms with Crippen LogP contribution in [0.5, 0.6) is 0 Å². The molecule has 26 heavy (non-hydrogen) atoms. The van der Waals surface area contributed by atoms with E-state index in [0.29, 0.717) is 19.4 Å². The first-order valence-electron chi connectivity index (χ1n) is 9.01. The molecule has 0 radical (unpaired) electrons. The van der Waals surface area contributed by atoms with Gasteiger partial charge in [0, 0.05) is 36.5 Å². The Hall–Kier alpha value is -2.76. The molecule has 0 spiro atoms. The van der Waals surface area contributed by atoms with Crippen molar-refractivity contribution in [2.45, 2.75) is 31.6 Å². The molecule has 0 saturated carbocycles. The van der Waals surface area contributed by atoms with Gasteiger partial charge in [-0.3, -0.25) is 9.89 Å². The van der Waals surface area contributed by atoms with Crippen LogP contribution in [0.2, 0.25) is 0 Å². The fourth-order valence-corrected chi connectivity index (χ4v) is 3.57. The molecule has 1 fully saturated rings. The van der Waals surface area contributed by atoms with Crippen molar-refractivity contribution in [3.05, 3.63) is 59.7 Å². The quantitative estimate of drug-likeness (QED) is 0.782. The number of hydrogen-bond acceptors (Lipinski definition) is 3. The molecule has 1 saturated heterocycles. The van der Waals surface area contributed by atoms with Gasteiger partial charge in [-0.1, -0.05) is 12.1 Å². The Morgan fingerprint density at radius 2 is 2.08 bits per heavy atom. The molecule has 1 amide bonds. The monoisotopic (exact) mass is 352 g/mol. The average molecular weight is 352 g/mol. The van der Waals surface area contributed by atoms with E-state index >= 15 is 0 Å². The number of H-pyrrole nitrogens is 1. The van der Waals surface area contributed by atoms with E-state index in [1.807, 2.05) is 17.0 Å². The molecule has 134 valence electrons. The molecule has 1 N–H and O–H groups in total. The van der Waals surface area contributed by atoms with Crippen LogP contribution >= 0.6 is 0 Å². The van der Waals surface area contributed by atoms with Crippen LogP contribution in [0.4, 0.5) is 4.39 Å². The predicted molar refractivity (Wildman–Crippen MR) is 97.2 cm³/mol. The zero-order valence-electron chi connectivity index (χ0n) is 14.5. The Bertz CT molecular complexity index is 906. The number of nitrogens with zero attached hydrogens (tertiary/aromatic N) is 3. The number of carbonyl (C=O) groups excluding carboxylic acids is 1. The number of likely N-dealkylation sites (tertiary alicyclic amines) is 1. The second-order valence-electron chi connectivity index (χ2n) is 6.85. The summed E-state index contributed by atoms with van der Waals surface area (Å²) in [6, 6.07) is 10.4. The fourth-order valence-electron chi connectivity index (χ4n) is 3.57. The first-order chi connectivity index (χ1) is 12.7. The molecular formula is C20H21FN4O. The Labute approximate surface area is 151 Å². The number of pyridine rings is 1. The minimum absolute atomic E-state index is 0.154. The molecule has 5 nitrogen and oxygen atoms in total. The molecule has 6 heteroatoms. The highest BCUT2D eigenvalue weighted by Gasteiger charge is 2.25. The maximum Gasteiger partial charge on any atom is 0.222 e. The van der Waals surface area contributed by atoms with Crippen LogP contribution in [0.15, 0.2) is 42.6 Å². The van der Waals surface area contributed by atoms with Gasteiger partial charge in [0.05, 0.1) is 6.20 Å². The summed E-state index contributed by atoms with van der Waals surface area (Å²) in [6.45, 7) is 1.50. The van der Waals surface area contributed by atoms with Crippen molar-refractivity contribution in [2.75, 3.05) is 13.1 Å². The van der Waals surface area contributed by atoms with Crippen molar-refractivity contribution in [1.82, 2.24) is 20.1 Å². The van der Waals surface area contributed by atoms with Crippen LogP contribution in [0.3, 0.4) is 0 Å². The second kappa shape index (κ2) is 7.23. The normalized spacial score (nSPS) is 17.6. The lowest BCUT2D eigenvalue weighted by atomic mass is 9.93. The standard InChI is InChI=1S/C20H21FN4O/c21-17-7-3-14(4-8-17)5-10-19(26)25-11-1-2-16(13-25)18-9-6-15-12-22-24-20(15)23-18/h3-4,6-9,12,16H,1-2,5,10-11,13H2,(H,22,23,24)/t16-/m1/s1. The Morgan fingerprint density at radius 3 is 2.92 bits per heavy atom. The first-order valence-corrected chi connectivity index (χ1v) is 9.01. The van der Waals surface area contributed by atoms with Crippen LogP contribution in [-0.2, 0) is 11.2 Å². The summed E-state index contributed by atoms with van der Waals surface area (Å²) >= 11 is 0. The number of piperidine rings is 1. The van der Waals surface area contributed by atoms with Crippen molar-refractivity contribution >= 4 is 16.9 Å². The van der Waals surface area contributed by atoms with Crippen LogP contribution in [0.1, 0.15) is 36.4 Å². The summed E-state index contributed by atoms with van der Waals surface area (Å²) in [6.07, 6.45) is 4.87. The third-order valence-electron chi connectivity index (χ3n) is 5.06. The molecule has 4 rings (SSSR count). The van der Waals surface area contributed by atoms with Gasteiger partial charge in [0.15, 0.2) is 5.65 Å². The smallest absolute Gasteiger partial charge is 0.222 e. The van der Waals surface area contributed by atoms with E-state index in [9.17, 15) is 9.18 Å². The Balaban J connectivity index is 1.39. The van der Waals surface area contributed by atoms with E-state index in [-0.39, 0.29) is 17.6 Å². The summed E-state index contributed by atoms with van der Waals surface area (Å²) in [5.74, 6) is 0.161. The number of fused-ring (bicyclic) bond motifs is 1. The molecular weight excluding hydrogens is 331 g/mol. The highest BCUT2D eigenvalue weighted by Crippen LogP contribution is 2.27. The molecule has 0 bridgehead atoms. The number of carbonyl (C=O) groups is 1. The van der Waals surface area contributed by atoms with E-state index in [1.54, 1.807) is 18.3 Å². The number of aromatic amines is 1. The van der Waals surface area contributed by atoms with Crippen molar-refractivity contribution in [3.8, 4) is 0 Å². The molecule has 3 heterocycles. The maximum absolute atomic E-state index is 13.0. The highest BCUT2D eigenvalue weighted by atomic mass is 19.1. The van der Waals surface area contributed by atoms with Gasteiger partial charge in [0.2, 0.25) is 5.91 Å². The summed E-state index contributed by atoms with van der Waals surface area (Å²) in [5.41, 5.74) is 2.79. The maximum atomic E-state index is 13.0. The zero-order valence-corrected chi connectivity index (χ0v) is 14.5. The number of aryl methyl sites for hydroxylation is 1. The molecule has 1 aliphatic rings. The van der Waals surface area contributed by atoms with Crippen molar-refractivity contribution in [3.63, 3.8) is 0 Å². The minimum atomic E-state index is -0.249. The van der Waals surface area contributed by atoms with Gasteiger partial charge in [-0.15, -0.1) is 0 Å². The summed E-state index contributed by atoms with van der Waals surface area (Å²) < 4.78 is 13.0. The van der Waals surface area contributed by atoms with Crippen molar-refractivity contribution in [1.29, 1.82) is 0 Å². The molecule has 1 aromatic carbocycles. The van der Waals surface area contributed by atoms with E-state index in [0.717, 1.165) is 41.7 Å². The average Bonchev–Trinajstić information content (AvgIpc) is 3.15. The Kier molecular flexibility index (Phi) is 4.65. The molecule has 0 aliphatic carbocycles. The van der Waals surface area contributed by atoms with Gasteiger partial charge < -0.3 is 4.90 Å². The fraction of sp³-hybridized carbons (Fsp3) is 0.350. The SMILES string of the molecule is O=C(CCc1ccc(F)cc1)N1CCC[C@@H](c2ccc3cn[nH]c3n2)C1. The number of halogens is 1. The van der Waals surface area contributed by atoms with Gasteiger partial charge in [0.1, 0.15) is 5.82 Å². The lowest BCUT2D eigenvalue weighted by Gasteiger charge is -2.32. The molecule has 1 aliphatic heterocycles. The van der Waals surface area contributed by atoms with Gasteiger partial charge in [0.25, 0.3) is 0 Å². The van der Waals surface area contributed by atoms with E-state index in [1.165, 1.54) is 12.1 Å². The van der Waals surface area contributed by atoms with Crippen molar-refractivity contribution in [2.24, 2.45) is 0 Å². The lowest BCUT2D eigenvalue weighted by molar-refractivity contribution is -0.132. The third-order valence-corrected chi connectivity index (χ3v) is 5.06. The Morgan fingerprint density at radius 1 is 1.23 bits per heavy atom.